The fourth-order valence-electron chi connectivity index (χ4n) is 3.17. The Balaban J connectivity index is 1.55. The van der Waals surface area contributed by atoms with Crippen molar-refractivity contribution in [1.82, 2.24) is 4.98 Å². The van der Waals surface area contributed by atoms with Crippen LogP contribution in [0.3, 0.4) is 0 Å². The number of methoxy groups -OCH3 is 1. The molecule has 1 saturated heterocycles. The van der Waals surface area contributed by atoms with Crippen LogP contribution in [0.2, 0.25) is 5.02 Å². The standard InChI is InChI=1S/C21H21ClN2O4S/c1-26-16-8-9-19-18(11-16)23-21(29-19)24(12-17-3-2-10-27-17)20(25)13-28-15-6-4-14(22)5-7-15/h4-9,11,17H,2-3,10,12-13H2,1H3. The van der Waals surface area contributed by atoms with Crippen LogP contribution in [0.1, 0.15) is 12.8 Å². The molecule has 4 rings (SSSR count). The van der Waals surface area contributed by atoms with E-state index in [4.69, 9.17) is 25.8 Å². The Hall–Kier alpha value is -2.35. The van der Waals surface area contributed by atoms with E-state index in [1.807, 2.05) is 18.2 Å². The van der Waals surface area contributed by atoms with Gasteiger partial charge in [-0.15, -0.1) is 0 Å². The molecule has 6 nitrogen and oxygen atoms in total. The van der Waals surface area contributed by atoms with Crippen molar-refractivity contribution in [3.05, 3.63) is 47.5 Å². The van der Waals surface area contributed by atoms with Crippen LogP contribution < -0.4 is 14.4 Å². The highest BCUT2D eigenvalue weighted by molar-refractivity contribution is 7.22. The maximum Gasteiger partial charge on any atom is 0.266 e. The van der Waals surface area contributed by atoms with Crippen molar-refractivity contribution in [2.75, 3.05) is 31.8 Å². The highest BCUT2D eigenvalue weighted by Gasteiger charge is 2.26. The Morgan fingerprint density at radius 2 is 2.07 bits per heavy atom. The van der Waals surface area contributed by atoms with Gasteiger partial charge in [0, 0.05) is 17.7 Å². The van der Waals surface area contributed by atoms with Gasteiger partial charge in [0.25, 0.3) is 5.91 Å². The number of thiazole rings is 1. The van der Waals surface area contributed by atoms with Crippen LogP contribution >= 0.6 is 22.9 Å². The summed E-state index contributed by atoms with van der Waals surface area (Å²) in [6, 6.07) is 12.6. The lowest BCUT2D eigenvalue weighted by atomic mass is 10.2. The summed E-state index contributed by atoms with van der Waals surface area (Å²) in [7, 11) is 1.62. The zero-order chi connectivity index (χ0) is 20.2. The van der Waals surface area contributed by atoms with Crippen LogP contribution in [0.5, 0.6) is 11.5 Å². The van der Waals surface area contributed by atoms with E-state index in [2.05, 4.69) is 4.98 Å². The number of ether oxygens (including phenoxy) is 3. The molecule has 0 spiro atoms. The quantitative estimate of drug-likeness (QED) is 0.548. The third-order valence-electron chi connectivity index (χ3n) is 4.70. The van der Waals surface area contributed by atoms with Crippen molar-refractivity contribution < 1.29 is 19.0 Å². The van der Waals surface area contributed by atoms with Crippen molar-refractivity contribution in [3.8, 4) is 11.5 Å². The van der Waals surface area contributed by atoms with Crippen LogP contribution in [0.4, 0.5) is 5.13 Å². The van der Waals surface area contributed by atoms with Crippen LogP contribution in [-0.4, -0.2) is 43.9 Å². The van der Waals surface area contributed by atoms with Gasteiger partial charge in [-0.05, 0) is 49.2 Å². The minimum Gasteiger partial charge on any atom is -0.497 e. The summed E-state index contributed by atoms with van der Waals surface area (Å²) < 4.78 is 17.7. The molecular weight excluding hydrogens is 412 g/mol. The first kappa shape index (κ1) is 19.9. The fourth-order valence-corrected chi connectivity index (χ4v) is 4.27. The molecule has 29 heavy (non-hydrogen) atoms. The average molecular weight is 433 g/mol. The average Bonchev–Trinajstić information content (AvgIpc) is 3.40. The van der Waals surface area contributed by atoms with E-state index in [1.165, 1.54) is 11.3 Å². The molecule has 1 fully saturated rings. The topological polar surface area (TPSA) is 60.9 Å². The molecule has 1 unspecified atom stereocenters. The number of carbonyl (C=O) groups is 1. The molecule has 0 N–H and O–H groups in total. The van der Waals surface area contributed by atoms with Gasteiger partial charge in [0.2, 0.25) is 0 Å². The van der Waals surface area contributed by atoms with Gasteiger partial charge in [-0.25, -0.2) is 4.98 Å². The molecule has 1 atom stereocenters. The third kappa shape index (κ3) is 4.80. The van der Waals surface area contributed by atoms with Crippen molar-refractivity contribution in [1.29, 1.82) is 0 Å². The number of nitrogens with zero attached hydrogens (tertiary/aromatic N) is 2. The van der Waals surface area contributed by atoms with E-state index in [-0.39, 0.29) is 18.6 Å². The van der Waals surface area contributed by atoms with Crippen LogP contribution in [0.25, 0.3) is 10.2 Å². The molecule has 0 saturated carbocycles. The monoisotopic (exact) mass is 432 g/mol. The van der Waals surface area contributed by atoms with E-state index in [9.17, 15) is 4.79 Å². The molecule has 2 aromatic carbocycles. The zero-order valence-electron chi connectivity index (χ0n) is 16.0. The van der Waals surface area contributed by atoms with E-state index < -0.39 is 0 Å². The molecule has 1 aliphatic rings. The summed E-state index contributed by atoms with van der Waals surface area (Å²) in [4.78, 5) is 19.4. The van der Waals surface area contributed by atoms with Gasteiger partial charge < -0.3 is 14.2 Å². The molecule has 0 radical (unpaired) electrons. The summed E-state index contributed by atoms with van der Waals surface area (Å²) in [6.45, 7) is 1.10. The number of amides is 1. The Labute approximate surface area is 178 Å². The Bertz CT molecular complexity index is 986. The minimum absolute atomic E-state index is 0.0102. The summed E-state index contributed by atoms with van der Waals surface area (Å²) in [5, 5.41) is 1.25. The molecule has 2 heterocycles. The molecule has 0 bridgehead atoms. The summed E-state index contributed by atoms with van der Waals surface area (Å²) >= 11 is 7.37. The smallest absolute Gasteiger partial charge is 0.266 e. The Morgan fingerprint density at radius 3 is 2.79 bits per heavy atom. The molecule has 1 amide bonds. The van der Waals surface area contributed by atoms with E-state index >= 15 is 0 Å². The summed E-state index contributed by atoms with van der Waals surface area (Å²) in [6.07, 6.45) is 1.95. The normalized spacial score (nSPS) is 16.1. The fraction of sp³-hybridized carbons (Fsp3) is 0.333. The van der Waals surface area contributed by atoms with Gasteiger partial charge >= 0.3 is 0 Å². The number of rotatable bonds is 7. The lowest BCUT2D eigenvalue weighted by molar-refractivity contribution is -0.120. The molecule has 0 aliphatic carbocycles. The van der Waals surface area contributed by atoms with Gasteiger partial charge in [-0.3, -0.25) is 9.69 Å². The van der Waals surface area contributed by atoms with Crippen molar-refractivity contribution in [3.63, 3.8) is 0 Å². The number of benzene rings is 2. The zero-order valence-corrected chi connectivity index (χ0v) is 17.5. The first-order chi connectivity index (χ1) is 14.1. The minimum atomic E-state index is -0.165. The van der Waals surface area contributed by atoms with E-state index in [0.717, 1.165) is 35.4 Å². The lowest BCUT2D eigenvalue weighted by Crippen LogP contribution is -2.40. The van der Waals surface area contributed by atoms with Crippen LogP contribution in [-0.2, 0) is 9.53 Å². The maximum absolute atomic E-state index is 13.0. The number of hydrogen-bond acceptors (Lipinski definition) is 6. The Morgan fingerprint density at radius 1 is 1.28 bits per heavy atom. The predicted octanol–water partition coefficient (Wildman–Crippen LogP) is 4.55. The van der Waals surface area contributed by atoms with Crippen LogP contribution in [0.15, 0.2) is 42.5 Å². The highest BCUT2D eigenvalue weighted by Crippen LogP contribution is 2.32. The van der Waals surface area contributed by atoms with Crippen LogP contribution in [0, 0.1) is 0 Å². The molecule has 3 aromatic rings. The molecule has 152 valence electrons. The predicted molar refractivity (Wildman–Crippen MR) is 114 cm³/mol. The second-order valence-corrected chi connectivity index (χ2v) is 8.16. The number of halogens is 1. The highest BCUT2D eigenvalue weighted by atomic mass is 35.5. The van der Waals surface area contributed by atoms with E-state index in [1.54, 1.807) is 36.3 Å². The number of anilines is 1. The van der Waals surface area contributed by atoms with Gasteiger partial charge in [0.15, 0.2) is 11.7 Å². The second kappa shape index (κ2) is 8.98. The Kier molecular flexibility index (Phi) is 6.18. The number of hydrogen-bond donors (Lipinski definition) is 0. The van der Waals surface area contributed by atoms with Crippen molar-refractivity contribution in [2.45, 2.75) is 18.9 Å². The van der Waals surface area contributed by atoms with Crippen molar-refractivity contribution in [2.24, 2.45) is 0 Å². The first-order valence-electron chi connectivity index (χ1n) is 9.37. The van der Waals surface area contributed by atoms with Gasteiger partial charge in [0.1, 0.15) is 11.5 Å². The number of aromatic nitrogens is 1. The van der Waals surface area contributed by atoms with Gasteiger partial charge in [-0.2, -0.15) is 0 Å². The van der Waals surface area contributed by atoms with E-state index in [0.29, 0.717) is 22.4 Å². The maximum atomic E-state index is 13.0. The lowest BCUT2D eigenvalue weighted by Gasteiger charge is -2.23. The summed E-state index contributed by atoms with van der Waals surface area (Å²) in [5.74, 6) is 1.16. The number of carbonyl (C=O) groups excluding carboxylic acids is 1. The van der Waals surface area contributed by atoms with Gasteiger partial charge in [-0.1, -0.05) is 22.9 Å². The molecule has 8 heteroatoms. The van der Waals surface area contributed by atoms with Crippen molar-refractivity contribution >= 4 is 44.2 Å². The van der Waals surface area contributed by atoms with Gasteiger partial charge in [0.05, 0.1) is 30.0 Å². The molecule has 1 aliphatic heterocycles. The first-order valence-corrected chi connectivity index (χ1v) is 10.6. The molecular formula is C21H21ClN2O4S. The second-order valence-electron chi connectivity index (χ2n) is 6.71. The summed E-state index contributed by atoms with van der Waals surface area (Å²) in [5.41, 5.74) is 0.799. The third-order valence-corrected chi connectivity index (χ3v) is 6.01. The SMILES string of the molecule is COc1ccc2sc(N(CC3CCCO3)C(=O)COc3ccc(Cl)cc3)nc2c1. The molecule has 1 aromatic heterocycles. The number of fused-ring (bicyclic) bond motifs is 1. The largest absolute Gasteiger partial charge is 0.497 e.